The molecular formula is C15H32N2. The number of hydrogen-bond donors (Lipinski definition) is 1. The van der Waals surface area contributed by atoms with Crippen LogP contribution in [0, 0.1) is 5.41 Å². The van der Waals surface area contributed by atoms with Gasteiger partial charge < -0.3 is 10.2 Å². The largest absolute Gasteiger partial charge is 0.316 e. The van der Waals surface area contributed by atoms with Crippen molar-refractivity contribution in [2.45, 2.75) is 65.3 Å². The standard InChI is InChI=1S/C15H32N2/c1-5-11-16-12-15(6-2,7-3)13-17(4)14-9-8-10-14/h14,16H,5-13H2,1-4H3. The zero-order valence-corrected chi connectivity index (χ0v) is 12.4. The molecule has 1 saturated carbocycles. The molecule has 0 aromatic carbocycles. The van der Waals surface area contributed by atoms with E-state index in [-0.39, 0.29) is 0 Å². The van der Waals surface area contributed by atoms with Gasteiger partial charge in [-0.3, -0.25) is 0 Å². The first-order chi connectivity index (χ1) is 8.17. The van der Waals surface area contributed by atoms with Crippen LogP contribution in [0.25, 0.3) is 0 Å². The minimum absolute atomic E-state index is 0.486. The predicted octanol–water partition coefficient (Wildman–Crippen LogP) is 3.28. The molecule has 0 atom stereocenters. The number of nitrogens with one attached hydrogen (secondary N) is 1. The second-order valence-corrected chi connectivity index (χ2v) is 5.88. The zero-order valence-electron chi connectivity index (χ0n) is 12.4. The fraction of sp³-hybridized carbons (Fsp3) is 1.00. The Morgan fingerprint density at radius 2 is 1.82 bits per heavy atom. The predicted molar refractivity (Wildman–Crippen MR) is 76.4 cm³/mol. The monoisotopic (exact) mass is 240 g/mol. The lowest BCUT2D eigenvalue weighted by Crippen LogP contribution is -2.47. The van der Waals surface area contributed by atoms with E-state index >= 15 is 0 Å². The van der Waals surface area contributed by atoms with E-state index < -0.39 is 0 Å². The van der Waals surface area contributed by atoms with Crippen molar-refractivity contribution in [1.82, 2.24) is 10.2 Å². The second-order valence-electron chi connectivity index (χ2n) is 5.88. The molecule has 1 aliphatic rings. The molecule has 1 fully saturated rings. The maximum Gasteiger partial charge on any atom is 0.00924 e. The highest BCUT2D eigenvalue weighted by atomic mass is 15.1. The van der Waals surface area contributed by atoms with Crippen LogP contribution >= 0.6 is 0 Å². The van der Waals surface area contributed by atoms with Gasteiger partial charge in [-0.25, -0.2) is 0 Å². The molecule has 0 bridgehead atoms. The number of nitrogens with zero attached hydrogens (tertiary/aromatic N) is 1. The lowest BCUT2D eigenvalue weighted by molar-refractivity contribution is 0.0854. The summed E-state index contributed by atoms with van der Waals surface area (Å²) in [6.45, 7) is 10.6. The molecule has 0 aliphatic heterocycles. The lowest BCUT2D eigenvalue weighted by Gasteiger charge is -2.42. The molecule has 0 unspecified atom stereocenters. The van der Waals surface area contributed by atoms with Gasteiger partial charge in [0.1, 0.15) is 0 Å². The Bertz CT molecular complexity index is 195. The third-order valence-corrected chi connectivity index (χ3v) is 4.71. The van der Waals surface area contributed by atoms with E-state index in [0.29, 0.717) is 5.41 Å². The van der Waals surface area contributed by atoms with Gasteiger partial charge >= 0.3 is 0 Å². The van der Waals surface area contributed by atoms with Gasteiger partial charge in [0.15, 0.2) is 0 Å². The minimum atomic E-state index is 0.486. The highest BCUT2D eigenvalue weighted by Crippen LogP contribution is 2.31. The Labute approximate surface area is 108 Å². The van der Waals surface area contributed by atoms with Crippen LogP contribution in [0.4, 0.5) is 0 Å². The van der Waals surface area contributed by atoms with Crippen LogP contribution in [0.3, 0.4) is 0 Å². The maximum absolute atomic E-state index is 3.63. The second kappa shape index (κ2) is 7.38. The van der Waals surface area contributed by atoms with Crippen molar-refractivity contribution < 1.29 is 0 Å². The van der Waals surface area contributed by atoms with Crippen molar-refractivity contribution in [2.75, 3.05) is 26.7 Å². The van der Waals surface area contributed by atoms with Crippen LogP contribution in [0.15, 0.2) is 0 Å². The van der Waals surface area contributed by atoms with Gasteiger partial charge in [0.2, 0.25) is 0 Å². The average molecular weight is 240 g/mol. The summed E-state index contributed by atoms with van der Waals surface area (Å²) in [6, 6.07) is 0.874. The Kier molecular flexibility index (Phi) is 6.50. The van der Waals surface area contributed by atoms with E-state index in [1.165, 1.54) is 51.6 Å². The lowest BCUT2D eigenvalue weighted by atomic mass is 9.80. The van der Waals surface area contributed by atoms with Gasteiger partial charge in [0, 0.05) is 19.1 Å². The van der Waals surface area contributed by atoms with Crippen molar-refractivity contribution in [3.63, 3.8) is 0 Å². The van der Waals surface area contributed by atoms with Crippen molar-refractivity contribution in [2.24, 2.45) is 5.41 Å². The number of hydrogen-bond acceptors (Lipinski definition) is 2. The van der Waals surface area contributed by atoms with Crippen LogP contribution in [-0.2, 0) is 0 Å². The molecule has 2 nitrogen and oxygen atoms in total. The van der Waals surface area contributed by atoms with Gasteiger partial charge in [-0.05, 0) is 51.1 Å². The minimum Gasteiger partial charge on any atom is -0.316 e. The van der Waals surface area contributed by atoms with Crippen molar-refractivity contribution in [3.05, 3.63) is 0 Å². The molecule has 2 heteroatoms. The summed E-state index contributed by atoms with van der Waals surface area (Å²) in [5.41, 5.74) is 0.486. The molecule has 0 spiro atoms. The summed E-state index contributed by atoms with van der Waals surface area (Å²) < 4.78 is 0. The van der Waals surface area contributed by atoms with E-state index in [1.807, 2.05) is 0 Å². The zero-order chi connectivity index (χ0) is 12.7. The third-order valence-electron chi connectivity index (χ3n) is 4.71. The first-order valence-electron chi connectivity index (χ1n) is 7.58. The molecule has 0 aromatic heterocycles. The molecule has 1 rings (SSSR count). The van der Waals surface area contributed by atoms with Gasteiger partial charge in [0.25, 0.3) is 0 Å². The normalized spacial score (nSPS) is 17.5. The summed E-state index contributed by atoms with van der Waals surface area (Å²) in [5, 5.41) is 3.63. The van der Waals surface area contributed by atoms with E-state index in [2.05, 4.69) is 38.0 Å². The van der Waals surface area contributed by atoms with E-state index in [9.17, 15) is 0 Å². The quantitative estimate of drug-likeness (QED) is 0.622. The molecular weight excluding hydrogens is 208 g/mol. The van der Waals surface area contributed by atoms with Crippen LogP contribution in [0.1, 0.15) is 59.3 Å². The van der Waals surface area contributed by atoms with E-state index in [1.54, 1.807) is 0 Å². The summed E-state index contributed by atoms with van der Waals surface area (Å²) in [5.74, 6) is 0. The Hall–Kier alpha value is -0.0800. The van der Waals surface area contributed by atoms with Crippen LogP contribution < -0.4 is 5.32 Å². The average Bonchev–Trinajstić information content (AvgIpc) is 2.25. The molecule has 17 heavy (non-hydrogen) atoms. The van der Waals surface area contributed by atoms with E-state index in [0.717, 1.165) is 12.6 Å². The van der Waals surface area contributed by atoms with Crippen molar-refractivity contribution in [1.29, 1.82) is 0 Å². The topological polar surface area (TPSA) is 15.3 Å². The molecule has 1 aliphatic carbocycles. The molecule has 0 heterocycles. The number of rotatable bonds is 9. The maximum atomic E-state index is 3.63. The van der Waals surface area contributed by atoms with Gasteiger partial charge in [-0.2, -0.15) is 0 Å². The smallest absolute Gasteiger partial charge is 0.00924 e. The summed E-state index contributed by atoms with van der Waals surface area (Å²) in [7, 11) is 2.32. The van der Waals surface area contributed by atoms with Crippen molar-refractivity contribution in [3.8, 4) is 0 Å². The summed E-state index contributed by atoms with van der Waals surface area (Å²) in [4.78, 5) is 2.62. The van der Waals surface area contributed by atoms with Crippen molar-refractivity contribution >= 4 is 0 Å². The van der Waals surface area contributed by atoms with E-state index in [4.69, 9.17) is 0 Å². The molecule has 1 N–H and O–H groups in total. The Morgan fingerprint density at radius 1 is 1.18 bits per heavy atom. The van der Waals surface area contributed by atoms with Gasteiger partial charge in [-0.15, -0.1) is 0 Å². The molecule has 0 amide bonds. The summed E-state index contributed by atoms with van der Waals surface area (Å²) in [6.07, 6.45) is 8.09. The molecule has 0 radical (unpaired) electrons. The van der Waals surface area contributed by atoms with Gasteiger partial charge in [-0.1, -0.05) is 27.2 Å². The van der Waals surface area contributed by atoms with Gasteiger partial charge in [0.05, 0.1) is 0 Å². The first-order valence-corrected chi connectivity index (χ1v) is 7.58. The molecule has 0 saturated heterocycles. The van der Waals surface area contributed by atoms with Crippen LogP contribution in [-0.4, -0.2) is 37.6 Å². The first kappa shape index (κ1) is 15.0. The summed E-state index contributed by atoms with van der Waals surface area (Å²) >= 11 is 0. The van der Waals surface area contributed by atoms with Crippen LogP contribution in [0.5, 0.6) is 0 Å². The highest BCUT2D eigenvalue weighted by molar-refractivity contribution is 4.86. The molecule has 0 aromatic rings. The third kappa shape index (κ3) is 4.26. The fourth-order valence-electron chi connectivity index (χ4n) is 2.80. The Balaban J connectivity index is 2.43. The SMILES string of the molecule is CCCNCC(CC)(CC)CN(C)C1CCC1. The van der Waals surface area contributed by atoms with Crippen LogP contribution in [0.2, 0.25) is 0 Å². The fourth-order valence-corrected chi connectivity index (χ4v) is 2.80. The highest BCUT2D eigenvalue weighted by Gasteiger charge is 2.31. The Morgan fingerprint density at radius 3 is 2.24 bits per heavy atom. The molecule has 102 valence electrons.